The van der Waals surface area contributed by atoms with Crippen LogP contribution in [0, 0.1) is 0 Å². The van der Waals surface area contributed by atoms with E-state index in [0.29, 0.717) is 6.10 Å². The molecule has 0 radical (unpaired) electrons. The Hall–Kier alpha value is -0.120. The molecule has 2 rings (SSSR count). The summed E-state index contributed by atoms with van der Waals surface area (Å²) in [6.07, 6.45) is 0.583. The lowest BCUT2D eigenvalue weighted by Gasteiger charge is -1.50. The van der Waals surface area contributed by atoms with E-state index in [9.17, 15) is 0 Å². The molecule has 3 N–H and O–H groups in total. The SMILES string of the molecule is C1CO1.CC1CO1.N. The minimum absolute atomic E-state index is 0. The van der Waals surface area contributed by atoms with Crippen molar-refractivity contribution in [3.63, 3.8) is 0 Å². The highest BCUT2D eigenvalue weighted by Crippen LogP contribution is 2.04. The Morgan fingerprint density at radius 3 is 1.62 bits per heavy atom. The van der Waals surface area contributed by atoms with Gasteiger partial charge in [0.1, 0.15) is 0 Å². The summed E-state index contributed by atoms with van der Waals surface area (Å²) in [6.45, 7) is 5.04. The summed E-state index contributed by atoms with van der Waals surface area (Å²) in [5.74, 6) is 0. The second-order valence-electron chi connectivity index (χ2n) is 1.76. The third-order valence-electron chi connectivity index (χ3n) is 0.704. The molecule has 0 aromatic carbocycles. The number of hydrogen-bond donors (Lipinski definition) is 1. The molecule has 1 atom stereocenters. The van der Waals surface area contributed by atoms with Gasteiger partial charge in [0.15, 0.2) is 0 Å². The minimum atomic E-state index is 0. The van der Waals surface area contributed by atoms with E-state index in [1.165, 1.54) is 0 Å². The van der Waals surface area contributed by atoms with Gasteiger partial charge in [0, 0.05) is 0 Å². The van der Waals surface area contributed by atoms with Crippen LogP contribution in [-0.2, 0) is 9.47 Å². The Kier molecular flexibility index (Phi) is 3.77. The van der Waals surface area contributed by atoms with Crippen molar-refractivity contribution in [1.29, 1.82) is 0 Å². The first-order valence-corrected chi connectivity index (χ1v) is 2.59. The predicted molar refractivity (Wildman–Crippen MR) is 31.3 cm³/mol. The number of hydrogen-bond acceptors (Lipinski definition) is 3. The molecule has 0 aromatic heterocycles. The molecule has 2 aliphatic heterocycles. The van der Waals surface area contributed by atoms with Crippen molar-refractivity contribution in [2.75, 3.05) is 19.8 Å². The highest BCUT2D eigenvalue weighted by Gasteiger charge is 2.13. The number of ether oxygens (including phenoxy) is 2. The Morgan fingerprint density at radius 1 is 1.38 bits per heavy atom. The minimum Gasteiger partial charge on any atom is -0.377 e. The summed E-state index contributed by atoms with van der Waals surface area (Å²) in [7, 11) is 0. The van der Waals surface area contributed by atoms with Crippen LogP contribution in [0.15, 0.2) is 0 Å². The van der Waals surface area contributed by atoms with Gasteiger partial charge in [-0.15, -0.1) is 0 Å². The quantitative estimate of drug-likeness (QED) is 0.474. The molecule has 0 aromatic rings. The van der Waals surface area contributed by atoms with Gasteiger partial charge in [-0.1, -0.05) is 0 Å². The van der Waals surface area contributed by atoms with Crippen molar-refractivity contribution < 1.29 is 9.47 Å². The summed E-state index contributed by atoms with van der Waals surface area (Å²) >= 11 is 0. The lowest BCUT2D eigenvalue weighted by molar-refractivity contribution is 0.423. The first kappa shape index (κ1) is 7.88. The van der Waals surface area contributed by atoms with E-state index < -0.39 is 0 Å². The molecular formula is C5H13NO2. The fraction of sp³-hybridized carbons (Fsp3) is 1.00. The third kappa shape index (κ3) is 9.30. The fourth-order valence-electron chi connectivity index (χ4n) is 0.0962. The first-order chi connectivity index (χ1) is 3.39. The predicted octanol–water partition coefficient (Wildman–Crippen LogP) is 0.584. The summed E-state index contributed by atoms with van der Waals surface area (Å²) in [4.78, 5) is 0. The van der Waals surface area contributed by atoms with Crippen LogP contribution in [0.4, 0.5) is 0 Å². The molecular weight excluding hydrogens is 106 g/mol. The van der Waals surface area contributed by atoms with Gasteiger partial charge in [-0.2, -0.15) is 0 Å². The zero-order valence-corrected chi connectivity index (χ0v) is 5.22. The monoisotopic (exact) mass is 119 g/mol. The fourth-order valence-corrected chi connectivity index (χ4v) is 0.0962. The smallest absolute Gasteiger partial charge is 0.0781 e. The molecule has 0 aliphatic carbocycles. The maximum absolute atomic E-state index is 4.71. The van der Waals surface area contributed by atoms with Gasteiger partial charge in [-0.25, -0.2) is 0 Å². The van der Waals surface area contributed by atoms with Crippen LogP contribution in [0.2, 0.25) is 0 Å². The second-order valence-corrected chi connectivity index (χ2v) is 1.76. The van der Waals surface area contributed by atoms with Gasteiger partial charge < -0.3 is 15.6 Å². The molecule has 0 saturated carbocycles. The normalized spacial score (nSPS) is 28.9. The van der Waals surface area contributed by atoms with E-state index >= 15 is 0 Å². The average Bonchev–Trinajstić information content (AvgIpc) is 2.27. The summed E-state index contributed by atoms with van der Waals surface area (Å²) < 4.78 is 9.21. The number of epoxide rings is 2. The maximum atomic E-state index is 4.71. The van der Waals surface area contributed by atoms with E-state index in [0.717, 1.165) is 19.8 Å². The molecule has 2 aliphatic rings. The van der Waals surface area contributed by atoms with Crippen molar-refractivity contribution in [1.82, 2.24) is 6.15 Å². The Balaban J connectivity index is 0.000000112. The number of rotatable bonds is 0. The van der Waals surface area contributed by atoms with Crippen molar-refractivity contribution in [2.45, 2.75) is 13.0 Å². The highest BCUT2D eigenvalue weighted by molar-refractivity contribution is 4.58. The van der Waals surface area contributed by atoms with Crippen LogP contribution in [0.5, 0.6) is 0 Å². The van der Waals surface area contributed by atoms with Crippen molar-refractivity contribution in [3.8, 4) is 0 Å². The van der Waals surface area contributed by atoms with E-state index in [1.54, 1.807) is 0 Å². The highest BCUT2D eigenvalue weighted by atomic mass is 16.6. The summed E-state index contributed by atoms with van der Waals surface area (Å²) in [6, 6.07) is 0. The van der Waals surface area contributed by atoms with E-state index in [-0.39, 0.29) is 6.15 Å². The third-order valence-corrected chi connectivity index (χ3v) is 0.704. The average molecular weight is 119 g/mol. The molecule has 0 amide bonds. The molecule has 2 saturated heterocycles. The molecule has 0 spiro atoms. The van der Waals surface area contributed by atoms with Crippen LogP contribution < -0.4 is 6.15 Å². The molecule has 2 fully saturated rings. The Labute approximate surface area is 49.6 Å². The lowest BCUT2D eigenvalue weighted by atomic mass is 10.6. The van der Waals surface area contributed by atoms with Gasteiger partial charge >= 0.3 is 0 Å². The Morgan fingerprint density at radius 2 is 1.62 bits per heavy atom. The van der Waals surface area contributed by atoms with Gasteiger partial charge in [-0.3, -0.25) is 0 Å². The van der Waals surface area contributed by atoms with Crippen LogP contribution in [0.1, 0.15) is 6.92 Å². The molecule has 50 valence electrons. The summed E-state index contributed by atoms with van der Waals surface area (Å²) in [5, 5.41) is 0. The van der Waals surface area contributed by atoms with Gasteiger partial charge in [-0.05, 0) is 6.92 Å². The molecule has 0 bridgehead atoms. The lowest BCUT2D eigenvalue weighted by Crippen LogP contribution is -1.60. The van der Waals surface area contributed by atoms with Crippen LogP contribution in [0.25, 0.3) is 0 Å². The van der Waals surface area contributed by atoms with Crippen LogP contribution in [0.3, 0.4) is 0 Å². The zero-order valence-electron chi connectivity index (χ0n) is 5.22. The van der Waals surface area contributed by atoms with Gasteiger partial charge in [0.2, 0.25) is 0 Å². The van der Waals surface area contributed by atoms with Crippen LogP contribution >= 0.6 is 0 Å². The van der Waals surface area contributed by atoms with E-state index in [4.69, 9.17) is 4.74 Å². The summed E-state index contributed by atoms with van der Waals surface area (Å²) in [5.41, 5.74) is 0. The van der Waals surface area contributed by atoms with Gasteiger partial charge in [0.25, 0.3) is 0 Å². The molecule has 8 heavy (non-hydrogen) atoms. The standard InChI is InChI=1S/C3H6O.C2H4O.H3N/c1-3-2-4-3;1-2-3-1;/h3H,2H2,1H3;1-2H2;1H3. The second kappa shape index (κ2) is 3.83. The molecule has 2 heterocycles. The zero-order chi connectivity index (χ0) is 5.11. The van der Waals surface area contributed by atoms with E-state index in [1.807, 2.05) is 0 Å². The largest absolute Gasteiger partial charge is 0.377 e. The topological polar surface area (TPSA) is 60.1 Å². The molecule has 1 unspecified atom stereocenters. The Bertz CT molecular complexity index is 49.6. The van der Waals surface area contributed by atoms with Crippen molar-refractivity contribution >= 4 is 0 Å². The van der Waals surface area contributed by atoms with Crippen molar-refractivity contribution in [2.24, 2.45) is 0 Å². The van der Waals surface area contributed by atoms with Crippen LogP contribution in [-0.4, -0.2) is 25.9 Å². The van der Waals surface area contributed by atoms with Gasteiger partial charge in [0.05, 0.1) is 25.9 Å². The van der Waals surface area contributed by atoms with Crippen molar-refractivity contribution in [3.05, 3.63) is 0 Å². The first-order valence-electron chi connectivity index (χ1n) is 2.59. The van der Waals surface area contributed by atoms with E-state index in [2.05, 4.69) is 11.7 Å². The molecule has 3 nitrogen and oxygen atoms in total. The molecule has 3 heteroatoms. The maximum Gasteiger partial charge on any atom is 0.0781 e.